The van der Waals surface area contributed by atoms with Gasteiger partial charge in [0.1, 0.15) is 17.1 Å². The number of hydrogen-bond acceptors (Lipinski definition) is 5. The molecule has 2 aromatic rings. The smallest absolute Gasteiger partial charge is 0.326 e. The highest BCUT2D eigenvalue weighted by Gasteiger charge is 2.25. The summed E-state index contributed by atoms with van der Waals surface area (Å²) in [7, 11) is 1.42. The summed E-state index contributed by atoms with van der Waals surface area (Å²) in [6, 6.07) is 1.84. The molecule has 0 saturated heterocycles. The molecule has 0 bridgehead atoms. The largest absolute Gasteiger partial charge is 0.480 e. The molecule has 1 aromatic heterocycles. The van der Waals surface area contributed by atoms with Crippen LogP contribution in [-0.2, 0) is 4.79 Å². The fourth-order valence-electron chi connectivity index (χ4n) is 1.90. The molecule has 1 heterocycles. The summed E-state index contributed by atoms with van der Waals surface area (Å²) in [5, 5.41) is 12.0. The lowest BCUT2D eigenvalue weighted by Gasteiger charge is -2.24. The third kappa shape index (κ3) is 3.06. The molecule has 7 nitrogen and oxygen atoms in total. The van der Waals surface area contributed by atoms with Crippen molar-refractivity contribution in [3.05, 3.63) is 17.2 Å². The summed E-state index contributed by atoms with van der Waals surface area (Å²) >= 11 is 7.08. The molecule has 1 atom stereocenters. The average molecular weight is 329 g/mol. The van der Waals surface area contributed by atoms with E-state index < -0.39 is 18.0 Å². The number of hydrogen-bond donors (Lipinski definition) is 2. The van der Waals surface area contributed by atoms with Gasteiger partial charge in [-0.05, 0) is 18.6 Å². The zero-order valence-corrected chi connectivity index (χ0v) is 12.9. The number of aromatic nitrogens is 2. The Morgan fingerprint density at radius 2 is 2.19 bits per heavy atom. The highest BCUT2D eigenvalue weighted by atomic mass is 35.5. The van der Waals surface area contributed by atoms with Crippen molar-refractivity contribution in [1.82, 2.24) is 13.6 Å². The minimum atomic E-state index is -1.06. The fourth-order valence-corrected chi connectivity index (χ4v) is 2.64. The maximum atomic E-state index is 12.2. The molecule has 0 aliphatic rings. The van der Waals surface area contributed by atoms with Gasteiger partial charge in [-0.15, -0.1) is 0 Å². The molecule has 0 aliphatic carbocycles. The Bertz CT molecular complexity index is 690. The molecule has 0 radical (unpaired) electrons. The molecule has 1 aromatic carbocycles. The van der Waals surface area contributed by atoms with Gasteiger partial charge in [0, 0.05) is 7.05 Å². The Kier molecular flexibility index (Phi) is 4.59. The fraction of sp³-hybridized carbons (Fsp3) is 0.333. The van der Waals surface area contributed by atoms with Gasteiger partial charge in [0.25, 0.3) is 0 Å². The lowest BCUT2D eigenvalue weighted by atomic mass is 10.2. The van der Waals surface area contributed by atoms with Gasteiger partial charge in [-0.25, -0.2) is 9.59 Å². The number of benzene rings is 1. The number of likely N-dealkylation sites (N-methyl/N-ethyl adjacent to an activating group) is 1. The number of carbonyl (C=O) groups excluding carboxylic acids is 1. The second kappa shape index (κ2) is 6.23. The lowest BCUT2D eigenvalue weighted by Crippen LogP contribution is -2.44. The number of carboxylic acid groups (broad SMARTS) is 1. The predicted molar refractivity (Wildman–Crippen MR) is 80.9 cm³/mol. The van der Waals surface area contributed by atoms with Gasteiger partial charge in [0.05, 0.1) is 22.4 Å². The van der Waals surface area contributed by atoms with Crippen LogP contribution in [0.1, 0.15) is 13.3 Å². The number of fused-ring (bicyclic) bond motifs is 1. The van der Waals surface area contributed by atoms with E-state index in [9.17, 15) is 9.59 Å². The first-order chi connectivity index (χ1) is 9.95. The van der Waals surface area contributed by atoms with Gasteiger partial charge >= 0.3 is 12.0 Å². The Morgan fingerprint density at radius 1 is 1.48 bits per heavy atom. The first-order valence-corrected chi connectivity index (χ1v) is 7.24. The van der Waals surface area contributed by atoms with E-state index in [-0.39, 0.29) is 0 Å². The van der Waals surface area contributed by atoms with Crippen molar-refractivity contribution in [2.75, 3.05) is 12.4 Å². The van der Waals surface area contributed by atoms with E-state index in [0.29, 0.717) is 28.2 Å². The van der Waals surface area contributed by atoms with Crippen molar-refractivity contribution in [2.45, 2.75) is 19.4 Å². The van der Waals surface area contributed by atoms with E-state index >= 15 is 0 Å². The Balaban J connectivity index is 2.27. The van der Waals surface area contributed by atoms with Crippen LogP contribution in [0, 0.1) is 0 Å². The van der Waals surface area contributed by atoms with E-state index in [0.717, 1.165) is 16.6 Å². The number of amides is 2. The van der Waals surface area contributed by atoms with Gasteiger partial charge in [0.15, 0.2) is 0 Å². The SMILES string of the molecule is CCC(C(=O)O)N(C)C(=O)Nc1c(Cl)ccc2nsnc12. The summed E-state index contributed by atoms with van der Waals surface area (Å²) in [5.74, 6) is -1.06. The standard InChI is InChI=1S/C12H13ClN4O3S/c1-3-8(11(18)19)17(2)12(20)14-9-6(13)4-5-7-10(9)16-21-15-7/h4-5,8H,3H2,1-2H3,(H,14,20)(H,18,19). The van der Waals surface area contributed by atoms with Crippen LogP contribution in [0.2, 0.25) is 5.02 Å². The van der Waals surface area contributed by atoms with Crippen molar-refractivity contribution in [3.63, 3.8) is 0 Å². The summed E-state index contributed by atoms with van der Waals surface area (Å²) < 4.78 is 8.15. The third-order valence-electron chi connectivity index (χ3n) is 3.07. The molecule has 0 aliphatic heterocycles. The molecular weight excluding hydrogens is 316 g/mol. The molecule has 2 rings (SSSR count). The number of carbonyl (C=O) groups is 2. The second-order valence-electron chi connectivity index (χ2n) is 4.36. The van der Waals surface area contributed by atoms with Crippen molar-refractivity contribution >= 4 is 52.1 Å². The molecule has 1 unspecified atom stereocenters. The number of aliphatic carboxylic acids is 1. The molecule has 9 heteroatoms. The molecule has 0 spiro atoms. The Hall–Kier alpha value is -1.93. The average Bonchev–Trinajstić information content (AvgIpc) is 2.90. The number of rotatable bonds is 4. The van der Waals surface area contributed by atoms with Crippen molar-refractivity contribution in [1.29, 1.82) is 0 Å². The van der Waals surface area contributed by atoms with E-state index in [4.69, 9.17) is 16.7 Å². The van der Waals surface area contributed by atoms with Crippen LogP contribution in [0.3, 0.4) is 0 Å². The van der Waals surface area contributed by atoms with Crippen LogP contribution < -0.4 is 5.32 Å². The van der Waals surface area contributed by atoms with Crippen molar-refractivity contribution < 1.29 is 14.7 Å². The maximum absolute atomic E-state index is 12.2. The number of anilines is 1. The summed E-state index contributed by atoms with van der Waals surface area (Å²) in [5.41, 5.74) is 1.44. The number of nitrogens with zero attached hydrogens (tertiary/aromatic N) is 3. The number of carboxylic acids is 1. The first kappa shape index (κ1) is 15.5. The zero-order chi connectivity index (χ0) is 15.6. The van der Waals surface area contributed by atoms with E-state index in [1.165, 1.54) is 7.05 Å². The maximum Gasteiger partial charge on any atom is 0.326 e. The van der Waals surface area contributed by atoms with Gasteiger partial charge in [-0.2, -0.15) is 8.75 Å². The van der Waals surface area contributed by atoms with Crippen molar-refractivity contribution in [3.8, 4) is 0 Å². The van der Waals surface area contributed by atoms with Gasteiger partial charge < -0.3 is 15.3 Å². The summed E-state index contributed by atoms with van der Waals surface area (Å²) in [6.07, 6.45) is 0.301. The monoisotopic (exact) mass is 328 g/mol. The number of nitrogens with one attached hydrogen (secondary N) is 1. The van der Waals surface area contributed by atoms with Crippen LogP contribution in [0.4, 0.5) is 10.5 Å². The summed E-state index contributed by atoms with van der Waals surface area (Å²) in [4.78, 5) is 24.4. The minimum Gasteiger partial charge on any atom is -0.480 e. The van der Waals surface area contributed by atoms with Crippen LogP contribution in [0.5, 0.6) is 0 Å². The topological polar surface area (TPSA) is 95.4 Å². The summed E-state index contributed by atoms with van der Waals surface area (Å²) in [6.45, 7) is 1.70. The minimum absolute atomic E-state index is 0.301. The van der Waals surface area contributed by atoms with Crippen molar-refractivity contribution in [2.24, 2.45) is 0 Å². The van der Waals surface area contributed by atoms with Crippen LogP contribution in [0.25, 0.3) is 11.0 Å². The van der Waals surface area contributed by atoms with Crippen LogP contribution in [0.15, 0.2) is 12.1 Å². The molecule has 2 N–H and O–H groups in total. The third-order valence-corrected chi connectivity index (χ3v) is 3.93. The Labute approximate surface area is 129 Å². The first-order valence-electron chi connectivity index (χ1n) is 6.13. The van der Waals surface area contributed by atoms with Gasteiger partial charge in [-0.3, -0.25) is 0 Å². The molecule has 0 fully saturated rings. The lowest BCUT2D eigenvalue weighted by molar-refractivity contribution is -0.141. The van der Waals surface area contributed by atoms with Crippen LogP contribution in [-0.4, -0.2) is 43.8 Å². The van der Waals surface area contributed by atoms with Gasteiger partial charge in [0.2, 0.25) is 0 Å². The van der Waals surface area contributed by atoms with Crippen LogP contribution >= 0.6 is 23.3 Å². The molecule has 112 valence electrons. The van der Waals surface area contributed by atoms with E-state index in [2.05, 4.69) is 14.1 Å². The normalized spacial score (nSPS) is 12.1. The number of urea groups is 1. The molecule has 2 amide bonds. The van der Waals surface area contributed by atoms with Gasteiger partial charge in [-0.1, -0.05) is 18.5 Å². The second-order valence-corrected chi connectivity index (χ2v) is 5.29. The van der Waals surface area contributed by atoms with E-state index in [1.54, 1.807) is 19.1 Å². The highest BCUT2D eigenvalue weighted by Crippen LogP contribution is 2.30. The molecule has 21 heavy (non-hydrogen) atoms. The zero-order valence-electron chi connectivity index (χ0n) is 11.3. The molecular formula is C12H13ClN4O3S. The molecule has 0 saturated carbocycles. The quantitative estimate of drug-likeness (QED) is 0.899. The highest BCUT2D eigenvalue weighted by molar-refractivity contribution is 7.00. The van der Waals surface area contributed by atoms with E-state index in [1.807, 2.05) is 0 Å². The predicted octanol–water partition coefficient (Wildman–Crippen LogP) is 2.67. The number of halogens is 1. The Morgan fingerprint density at radius 3 is 2.81 bits per heavy atom.